The zero-order valence-corrected chi connectivity index (χ0v) is 18.5. The summed E-state index contributed by atoms with van der Waals surface area (Å²) in [4.78, 5) is 9.42. The van der Waals surface area contributed by atoms with Gasteiger partial charge in [-0.1, -0.05) is 20.8 Å². The lowest BCUT2D eigenvalue weighted by atomic mass is 10.2. The maximum absolute atomic E-state index is 4.66. The Balaban J connectivity index is 0. The van der Waals surface area contributed by atoms with Crippen molar-refractivity contribution >= 4 is 29.9 Å². The van der Waals surface area contributed by atoms with Crippen molar-refractivity contribution in [2.24, 2.45) is 4.99 Å². The minimum absolute atomic E-state index is 0. The molecular formula is C17H40IN5. The lowest BCUT2D eigenvalue weighted by Gasteiger charge is -2.21. The van der Waals surface area contributed by atoms with E-state index in [4.69, 9.17) is 0 Å². The SMILES string of the molecule is CCNC(=NCCN(C)CC)NC(C)CCCN(CC)CC.I. The maximum atomic E-state index is 4.66. The number of aliphatic imine (C=N–C) groups is 1. The van der Waals surface area contributed by atoms with Crippen LogP contribution in [0.15, 0.2) is 4.99 Å². The van der Waals surface area contributed by atoms with Gasteiger partial charge in [0, 0.05) is 19.1 Å². The zero-order chi connectivity index (χ0) is 16.8. The molecule has 6 heteroatoms. The van der Waals surface area contributed by atoms with Gasteiger partial charge in [0.05, 0.1) is 6.54 Å². The minimum Gasteiger partial charge on any atom is -0.357 e. The van der Waals surface area contributed by atoms with Crippen LogP contribution in [0.5, 0.6) is 0 Å². The molecule has 0 aliphatic heterocycles. The van der Waals surface area contributed by atoms with Crippen LogP contribution in [0.2, 0.25) is 0 Å². The molecule has 0 aliphatic rings. The molecule has 0 aromatic carbocycles. The van der Waals surface area contributed by atoms with Gasteiger partial charge in [-0.3, -0.25) is 4.99 Å². The third-order valence-corrected chi connectivity index (χ3v) is 4.02. The van der Waals surface area contributed by atoms with Crippen LogP contribution in [-0.2, 0) is 0 Å². The van der Waals surface area contributed by atoms with Crippen LogP contribution < -0.4 is 10.6 Å². The molecule has 0 bridgehead atoms. The molecule has 140 valence electrons. The van der Waals surface area contributed by atoms with E-state index < -0.39 is 0 Å². The van der Waals surface area contributed by atoms with E-state index in [0.717, 1.165) is 45.2 Å². The summed E-state index contributed by atoms with van der Waals surface area (Å²) in [6, 6.07) is 0.456. The molecule has 23 heavy (non-hydrogen) atoms. The first-order valence-corrected chi connectivity index (χ1v) is 9.02. The summed E-state index contributed by atoms with van der Waals surface area (Å²) < 4.78 is 0. The number of hydrogen-bond donors (Lipinski definition) is 2. The Bertz CT molecular complexity index is 282. The van der Waals surface area contributed by atoms with Crippen molar-refractivity contribution in [1.29, 1.82) is 0 Å². The molecule has 0 spiro atoms. The summed E-state index contributed by atoms with van der Waals surface area (Å²) in [5, 5.41) is 6.86. The standard InChI is InChI=1S/C17H39N5.HI/c1-7-18-17(19-13-15-21(6)8-2)20-16(5)12-11-14-22(9-3)10-4;/h16H,7-15H2,1-6H3,(H2,18,19,20);1H. The monoisotopic (exact) mass is 441 g/mol. The third-order valence-electron chi connectivity index (χ3n) is 4.02. The van der Waals surface area contributed by atoms with E-state index in [1.807, 2.05) is 0 Å². The minimum atomic E-state index is 0. The summed E-state index contributed by atoms with van der Waals surface area (Å²) in [7, 11) is 2.13. The van der Waals surface area contributed by atoms with Crippen molar-refractivity contribution in [3.63, 3.8) is 0 Å². The van der Waals surface area contributed by atoms with Crippen molar-refractivity contribution in [2.45, 2.75) is 53.5 Å². The highest BCUT2D eigenvalue weighted by Gasteiger charge is 2.06. The van der Waals surface area contributed by atoms with Crippen molar-refractivity contribution < 1.29 is 0 Å². The Morgan fingerprint density at radius 1 is 1.04 bits per heavy atom. The third kappa shape index (κ3) is 14.0. The van der Waals surface area contributed by atoms with E-state index in [-0.39, 0.29) is 24.0 Å². The number of nitrogens with zero attached hydrogens (tertiary/aromatic N) is 3. The van der Waals surface area contributed by atoms with Crippen LogP contribution in [0.25, 0.3) is 0 Å². The van der Waals surface area contributed by atoms with Crippen LogP contribution in [0.3, 0.4) is 0 Å². The van der Waals surface area contributed by atoms with E-state index in [9.17, 15) is 0 Å². The molecule has 0 aromatic heterocycles. The van der Waals surface area contributed by atoms with Crippen molar-refractivity contribution in [3.8, 4) is 0 Å². The zero-order valence-electron chi connectivity index (χ0n) is 16.2. The molecule has 0 rings (SSSR count). The van der Waals surface area contributed by atoms with Gasteiger partial charge in [0.15, 0.2) is 5.96 Å². The molecule has 1 unspecified atom stereocenters. The molecule has 0 aromatic rings. The van der Waals surface area contributed by atoms with Gasteiger partial charge in [-0.25, -0.2) is 0 Å². The average Bonchev–Trinajstić information content (AvgIpc) is 2.51. The number of rotatable bonds is 12. The Hall–Kier alpha value is -0.0800. The van der Waals surface area contributed by atoms with Gasteiger partial charge in [0.1, 0.15) is 0 Å². The second kappa shape index (κ2) is 16.8. The van der Waals surface area contributed by atoms with Crippen LogP contribution in [0, 0.1) is 0 Å². The van der Waals surface area contributed by atoms with Gasteiger partial charge in [-0.2, -0.15) is 0 Å². The van der Waals surface area contributed by atoms with Crippen molar-refractivity contribution in [2.75, 3.05) is 52.9 Å². The van der Waals surface area contributed by atoms with E-state index in [1.165, 1.54) is 19.4 Å². The normalized spacial score (nSPS) is 13.1. The number of hydrogen-bond acceptors (Lipinski definition) is 3. The molecule has 0 heterocycles. The molecular weight excluding hydrogens is 401 g/mol. The van der Waals surface area contributed by atoms with E-state index in [1.54, 1.807) is 0 Å². The first kappa shape index (κ1) is 25.2. The number of likely N-dealkylation sites (N-methyl/N-ethyl adjacent to an activating group) is 1. The van der Waals surface area contributed by atoms with Crippen LogP contribution in [0.4, 0.5) is 0 Å². The van der Waals surface area contributed by atoms with Gasteiger partial charge < -0.3 is 20.4 Å². The molecule has 0 radical (unpaired) electrons. The first-order valence-electron chi connectivity index (χ1n) is 9.02. The molecule has 0 saturated heterocycles. The predicted octanol–water partition coefficient (Wildman–Crippen LogP) is 2.62. The molecule has 0 amide bonds. The lowest BCUT2D eigenvalue weighted by molar-refractivity contribution is 0.292. The van der Waals surface area contributed by atoms with Crippen molar-refractivity contribution in [1.82, 2.24) is 20.4 Å². The van der Waals surface area contributed by atoms with Crippen LogP contribution in [0.1, 0.15) is 47.5 Å². The van der Waals surface area contributed by atoms with Gasteiger partial charge in [0.2, 0.25) is 0 Å². The molecule has 2 N–H and O–H groups in total. The molecule has 0 aliphatic carbocycles. The number of nitrogens with one attached hydrogen (secondary N) is 2. The first-order chi connectivity index (χ1) is 10.6. The van der Waals surface area contributed by atoms with E-state index in [0.29, 0.717) is 6.04 Å². The summed E-state index contributed by atoms with van der Waals surface area (Å²) in [6.45, 7) is 18.3. The maximum Gasteiger partial charge on any atom is 0.191 e. The molecule has 0 fully saturated rings. The largest absolute Gasteiger partial charge is 0.357 e. The second-order valence-corrected chi connectivity index (χ2v) is 5.87. The number of halogens is 1. The second-order valence-electron chi connectivity index (χ2n) is 5.87. The van der Waals surface area contributed by atoms with Crippen molar-refractivity contribution in [3.05, 3.63) is 0 Å². The molecule has 0 saturated carbocycles. The highest BCUT2D eigenvalue weighted by Crippen LogP contribution is 1.99. The highest BCUT2D eigenvalue weighted by molar-refractivity contribution is 14.0. The van der Waals surface area contributed by atoms with Gasteiger partial charge in [0.25, 0.3) is 0 Å². The Morgan fingerprint density at radius 3 is 2.22 bits per heavy atom. The quantitative estimate of drug-likeness (QED) is 0.278. The summed E-state index contributed by atoms with van der Waals surface area (Å²) >= 11 is 0. The average molecular weight is 441 g/mol. The fourth-order valence-corrected chi connectivity index (χ4v) is 2.28. The summed E-state index contributed by atoms with van der Waals surface area (Å²) in [6.07, 6.45) is 2.41. The van der Waals surface area contributed by atoms with E-state index >= 15 is 0 Å². The van der Waals surface area contributed by atoms with Crippen LogP contribution in [-0.4, -0.2) is 74.7 Å². The number of guanidine groups is 1. The molecule has 1 atom stereocenters. The highest BCUT2D eigenvalue weighted by atomic mass is 127. The fraction of sp³-hybridized carbons (Fsp3) is 0.941. The van der Waals surface area contributed by atoms with Gasteiger partial charge in [-0.15, -0.1) is 24.0 Å². The van der Waals surface area contributed by atoms with E-state index in [2.05, 4.69) is 67.1 Å². The Kier molecular flexibility index (Phi) is 18.3. The summed E-state index contributed by atoms with van der Waals surface area (Å²) in [5.74, 6) is 0.947. The van der Waals surface area contributed by atoms with Gasteiger partial charge >= 0.3 is 0 Å². The summed E-state index contributed by atoms with van der Waals surface area (Å²) in [5.41, 5.74) is 0. The fourth-order valence-electron chi connectivity index (χ4n) is 2.28. The smallest absolute Gasteiger partial charge is 0.191 e. The Labute approximate surface area is 161 Å². The topological polar surface area (TPSA) is 42.9 Å². The molecule has 5 nitrogen and oxygen atoms in total. The van der Waals surface area contributed by atoms with Gasteiger partial charge in [-0.05, 0) is 59.9 Å². The predicted molar refractivity (Wildman–Crippen MR) is 114 cm³/mol. The Morgan fingerprint density at radius 2 is 1.70 bits per heavy atom. The lowest BCUT2D eigenvalue weighted by Crippen LogP contribution is -2.43. The van der Waals surface area contributed by atoms with Crippen LogP contribution >= 0.6 is 24.0 Å².